The van der Waals surface area contributed by atoms with Gasteiger partial charge in [-0.15, -0.1) is 0 Å². The number of nitrogens with zero attached hydrogens (tertiary/aromatic N) is 2. The zero-order valence-corrected chi connectivity index (χ0v) is 18.7. The first-order valence-electron chi connectivity index (χ1n) is 8.82. The Hall–Kier alpha value is -2.36. The van der Waals surface area contributed by atoms with E-state index in [4.69, 9.17) is 36.9 Å². The summed E-state index contributed by atoms with van der Waals surface area (Å²) < 4.78 is 3.73. The van der Waals surface area contributed by atoms with Gasteiger partial charge in [-0.25, -0.2) is 0 Å². The van der Waals surface area contributed by atoms with Gasteiger partial charge in [0.15, 0.2) is 10.2 Å². The van der Waals surface area contributed by atoms with Crippen LogP contribution in [-0.4, -0.2) is 28.5 Å². The van der Waals surface area contributed by atoms with Crippen LogP contribution >= 0.6 is 36.7 Å². The average Bonchev–Trinajstić information content (AvgIpc) is 2.71. The predicted molar refractivity (Wildman–Crippen MR) is 135 cm³/mol. The second-order valence-electron chi connectivity index (χ2n) is 5.86. The summed E-state index contributed by atoms with van der Waals surface area (Å²) in [5, 5.41) is 16.1. The maximum absolute atomic E-state index is 5.31. The van der Waals surface area contributed by atoms with E-state index in [1.807, 2.05) is 48.5 Å². The number of rotatable bonds is 9. The first-order chi connectivity index (χ1) is 14.1. The van der Waals surface area contributed by atoms with Crippen molar-refractivity contribution in [2.45, 2.75) is 12.8 Å². The average molecular weight is 461 g/mol. The van der Waals surface area contributed by atoms with E-state index < -0.39 is 0 Å². The van der Waals surface area contributed by atoms with Gasteiger partial charge in [-0.1, -0.05) is 12.1 Å². The minimum atomic E-state index is 0.561. The smallest absolute Gasteiger partial charge is 0.170 e. The summed E-state index contributed by atoms with van der Waals surface area (Å²) in [6.07, 6.45) is 1.88. The van der Waals surface area contributed by atoms with Crippen LogP contribution in [-0.2, 0) is 12.4 Å². The van der Waals surface area contributed by atoms with Crippen LogP contribution in [0, 0.1) is 0 Å². The molecule has 0 bridgehead atoms. The molecule has 0 atom stereocenters. The lowest BCUT2D eigenvalue weighted by Crippen LogP contribution is -2.31. The molecule has 0 heterocycles. The molecule has 2 aromatic carbocycles. The number of aliphatic imine (C=N–C) groups is 1. The van der Waals surface area contributed by atoms with Gasteiger partial charge in [0, 0.05) is 36.9 Å². The van der Waals surface area contributed by atoms with Crippen molar-refractivity contribution in [3.05, 3.63) is 48.5 Å². The fraction of sp³-hybridized carbons (Fsp3) is 0.211. The molecule has 0 radical (unpaired) electrons. The predicted octanol–water partition coefficient (Wildman–Crippen LogP) is 4.84. The minimum Gasteiger partial charge on any atom is -0.362 e. The van der Waals surface area contributed by atoms with Gasteiger partial charge >= 0.3 is 0 Å². The molecule has 0 aliphatic rings. The van der Waals surface area contributed by atoms with Crippen LogP contribution < -0.4 is 21.3 Å². The third-order valence-corrected chi connectivity index (χ3v) is 4.46. The molecule has 29 heavy (non-hydrogen) atoms. The van der Waals surface area contributed by atoms with Gasteiger partial charge in [-0.2, -0.15) is 9.36 Å². The van der Waals surface area contributed by atoms with Gasteiger partial charge < -0.3 is 21.3 Å². The highest BCUT2D eigenvalue weighted by Gasteiger charge is 2.00. The number of isothiocyanates is 1. The molecular weight excluding hydrogens is 441 g/mol. The lowest BCUT2D eigenvalue weighted by molar-refractivity contribution is 0.694. The van der Waals surface area contributed by atoms with Crippen molar-refractivity contribution < 1.29 is 0 Å². The van der Waals surface area contributed by atoms with E-state index in [0.717, 1.165) is 48.7 Å². The summed E-state index contributed by atoms with van der Waals surface area (Å²) in [6, 6.07) is 14.9. The second kappa shape index (κ2) is 13.0. The van der Waals surface area contributed by atoms with Crippen molar-refractivity contribution >= 4 is 87.2 Å². The summed E-state index contributed by atoms with van der Waals surface area (Å²) in [7, 11) is 0. The lowest BCUT2D eigenvalue weighted by atomic mass is 10.3. The highest BCUT2D eigenvalue weighted by atomic mass is 32.1. The Morgan fingerprint density at radius 1 is 0.828 bits per heavy atom. The van der Waals surface area contributed by atoms with Crippen LogP contribution in [0.4, 0.5) is 22.7 Å². The number of hydrogen-bond acceptors (Lipinski definition) is 6. The molecule has 0 saturated carbocycles. The number of anilines is 2. The molecule has 150 valence electrons. The molecule has 2 aromatic rings. The van der Waals surface area contributed by atoms with E-state index in [1.165, 1.54) is 0 Å². The molecule has 0 spiro atoms. The summed E-state index contributed by atoms with van der Waals surface area (Å²) in [6.45, 7) is 1.52. The van der Waals surface area contributed by atoms with Gasteiger partial charge in [-0.05, 0) is 85.9 Å². The van der Waals surface area contributed by atoms with Crippen molar-refractivity contribution in [3.63, 3.8) is 0 Å². The molecule has 0 amide bonds. The second-order valence-corrected chi connectivity index (χ2v) is 7.05. The summed E-state index contributed by atoms with van der Waals surface area (Å²) in [4.78, 5) is 3.95. The number of nitrogens with one attached hydrogen (secondary N) is 4. The maximum Gasteiger partial charge on any atom is 0.170 e. The highest BCUT2D eigenvalue weighted by molar-refractivity contribution is 7.80. The number of unbranched alkanes of at least 4 members (excludes halogenated alkanes) is 1. The minimum absolute atomic E-state index is 0.561. The Morgan fingerprint density at radius 2 is 1.34 bits per heavy atom. The Labute approximate surface area is 191 Å². The fourth-order valence-electron chi connectivity index (χ4n) is 2.35. The van der Waals surface area contributed by atoms with E-state index in [1.54, 1.807) is 0 Å². The van der Waals surface area contributed by atoms with Gasteiger partial charge in [0.05, 0.1) is 16.5 Å². The normalized spacial score (nSPS) is 9.66. The van der Waals surface area contributed by atoms with Crippen LogP contribution in [0.2, 0.25) is 0 Å². The van der Waals surface area contributed by atoms with Gasteiger partial charge in [-0.3, -0.25) is 0 Å². The van der Waals surface area contributed by atoms with E-state index >= 15 is 0 Å². The molecule has 0 aliphatic carbocycles. The zero-order chi connectivity index (χ0) is 20.9. The van der Waals surface area contributed by atoms with Crippen molar-refractivity contribution in [1.29, 1.82) is 0 Å². The quantitative estimate of drug-likeness (QED) is 0.241. The molecule has 0 fully saturated rings. The third-order valence-electron chi connectivity index (χ3n) is 3.66. The third kappa shape index (κ3) is 9.12. The number of benzene rings is 2. The Kier molecular flexibility index (Phi) is 10.3. The van der Waals surface area contributed by atoms with Crippen molar-refractivity contribution in [2.24, 2.45) is 9.36 Å². The summed E-state index contributed by atoms with van der Waals surface area (Å²) in [5.41, 5.74) is 3.15. The maximum atomic E-state index is 5.31. The topological polar surface area (TPSA) is 72.8 Å². The summed E-state index contributed by atoms with van der Waals surface area (Å²) in [5.74, 6) is 0. The first-order valence-corrected chi connectivity index (χ1v) is 10.4. The van der Waals surface area contributed by atoms with Crippen LogP contribution in [0.3, 0.4) is 0 Å². The zero-order valence-electron chi connectivity index (χ0n) is 15.5. The number of hydrogen-bond donors (Lipinski definition) is 4. The molecule has 0 saturated heterocycles. The van der Waals surface area contributed by atoms with Crippen molar-refractivity contribution in [2.75, 3.05) is 23.7 Å². The van der Waals surface area contributed by atoms with E-state index in [9.17, 15) is 0 Å². The Balaban J connectivity index is 1.59. The van der Waals surface area contributed by atoms with Gasteiger partial charge in [0.2, 0.25) is 0 Å². The molecule has 2 rings (SSSR count). The lowest BCUT2D eigenvalue weighted by Gasteiger charge is -2.12. The van der Waals surface area contributed by atoms with E-state index in [2.05, 4.69) is 48.0 Å². The largest absolute Gasteiger partial charge is 0.362 e. The summed E-state index contributed by atoms with van der Waals surface area (Å²) >= 11 is 19.9. The Bertz CT molecular complexity index is 911. The molecule has 6 nitrogen and oxygen atoms in total. The standard InChI is InChI=1S/C19H20N6S4/c26-13-22-14-5-3-6-15(11-14)23-18(27)20-9-1-2-10-21-19(28)24-16-7-4-8-17(12-16)25-29/h3-8,11-12H,1-2,9-10H2,(H2,20,23,27)(H2,21,24,28). The van der Waals surface area contributed by atoms with Crippen molar-refractivity contribution in [3.8, 4) is 0 Å². The van der Waals surface area contributed by atoms with Gasteiger partial charge in [0.25, 0.3) is 0 Å². The van der Waals surface area contributed by atoms with Gasteiger partial charge in [0.1, 0.15) is 0 Å². The molecule has 0 aliphatic heterocycles. The molecular formula is C19H20N6S4. The first kappa shape index (κ1) is 22.9. The van der Waals surface area contributed by atoms with Crippen LogP contribution in [0.5, 0.6) is 0 Å². The van der Waals surface area contributed by atoms with Crippen LogP contribution in [0.15, 0.2) is 57.9 Å². The fourth-order valence-corrected chi connectivity index (χ4v) is 3.01. The SMILES string of the molecule is S=C=Nc1cccc(NC(=S)NCCCCNC(=S)Nc2cccc(N=S)c2)c1. The van der Waals surface area contributed by atoms with Crippen molar-refractivity contribution in [1.82, 2.24) is 10.6 Å². The monoisotopic (exact) mass is 460 g/mol. The van der Waals surface area contributed by atoms with E-state index in [-0.39, 0.29) is 0 Å². The van der Waals surface area contributed by atoms with Crippen LogP contribution in [0.25, 0.3) is 0 Å². The van der Waals surface area contributed by atoms with Crippen LogP contribution in [0.1, 0.15) is 12.8 Å². The highest BCUT2D eigenvalue weighted by Crippen LogP contribution is 2.18. The Morgan fingerprint density at radius 3 is 1.86 bits per heavy atom. The molecule has 0 aromatic heterocycles. The molecule has 0 unspecified atom stereocenters. The number of thiocarbonyl (C=S) groups is 3. The molecule has 4 N–H and O–H groups in total. The van der Waals surface area contributed by atoms with E-state index in [0.29, 0.717) is 10.2 Å². The molecule has 10 heteroatoms.